The topological polar surface area (TPSA) is 114 Å². The number of urea groups is 1. The standard InChI is InChI=1S/C28H22Cl3N3O6/c1-3-39-23-12-16(11-22(31)25(23)40-14-24(35)32-17-6-4-5-15(2)9-17)10-19-26(36)33-28(38)34(27(19)37)18-7-8-20(29)21(30)13-18/h4-13H,3,14H2,1-2H3,(H,32,35)(H,33,36,38)/b19-10+. The van der Waals surface area contributed by atoms with Gasteiger partial charge in [0.2, 0.25) is 0 Å². The number of carbonyl (C=O) groups excluding carboxylic acids is 4. The van der Waals surface area contributed by atoms with Crippen LogP contribution in [-0.4, -0.2) is 37.0 Å². The second-order valence-corrected chi connectivity index (χ2v) is 9.75. The van der Waals surface area contributed by atoms with Gasteiger partial charge in [-0.3, -0.25) is 19.7 Å². The average Bonchev–Trinajstić information content (AvgIpc) is 2.88. The first-order valence-corrected chi connectivity index (χ1v) is 13.0. The Kier molecular flexibility index (Phi) is 8.99. The highest BCUT2D eigenvalue weighted by molar-refractivity contribution is 6.43. The maximum absolute atomic E-state index is 13.2. The van der Waals surface area contributed by atoms with E-state index in [1.807, 2.05) is 25.1 Å². The summed E-state index contributed by atoms with van der Waals surface area (Å²) in [7, 11) is 0. The van der Waals surface area contributed by atoms with E-state index in [-0.39, 0.29) is 51.0 Å². The summed E-state index contributed by atoms with van der Waals surface area (Å²) in [4.78, 5) is 51.5. The molecule has 0 spiro atoms. The maximum Gasteiger partial charge on any atom is 0.335 e. The minimum atomic E-state index is -0.939. The molecule has 3 aromatic carbocycles. The molecule has 9 nitrogen and oxygen atoms in total. The number of nitrogens with zero attached hydrogens (tertiary/aromatic N) is 1. The van der Waals surface area contributed by atoms with Crippen LogP contribution < -0.4 is 25.0 Å². The third-order valence-corrected chi connectivity index (χ3v) is 6.57. The summed E-state index contributed by atoms with van der Waals surface area (Å²) >= 11 is 18.5. The van der Waals surface area contributed by atoms with Gasteiger partial charge in [0.15, 0.2) is 18.1 Å². The summed E-state index contributed by atoms with van der Waals surface area (Å²) in [6.45, 7) is 3.54. The number of aryl methyl sites for hydroxylation is 1. The van der Waals surface area contributed by atoms with E-state index in [9.17, 15) is 19.2 Å². The molecule has 1 fully saturated rings. The zero-order chi connectivity index (χ0) is 29.0. The van der Waals surface area contributed by atoms with Crippen molar-refractivity contribution in [1.29, 1.82) is 0 Å². The number of ether oxygens (including phenoxy) is 2. The number of benzene rings is 3. The molecule has 0 saturated carbocycles. The van der Waals surface area contributed by atoms with E-state index in [2.05, 4.69) is 10.6 Å². The fraction of sp³-hybridized carbons (Fsp3) is 0.143. The van der Waals surface area contributed by atoms with E-state index in [1.165, 1.54) is 36.4 Å². The summed E-state index contributed by atoms with van der Waals surface area (Å²) in [5.74, 6) is -1.89. The van der Waals surface area contributed by atoms with Crippen LogP contribution in [0.3, 0.4) is 0 Å². The lowest BCUT2D eigenvalue weighted by Crippen LogP contribution is -2.54. The van der Waals surface area contributed by atoms with Crippen molar-refractivity contribution < 1.29 is 28.7 Å². The molecule has 5 amide bonds. The number of nitrogens with one attached hydrogen (secondary N) is 2. The van der Waals surface area contributed by atoms with Crippen LogP contribution in [0.15, 0.2) is 60.2 Å². The summed E-state index contributed by atoms with van der Waals surface area (Å²) in [6, 6.07) is 13.5. The van der Waals surface area contributed by atoms with Crippen LogP contribution in [0.1, 0.15) is 18.1 Å². The van der Waals surface area contributed by atoms with Gasteiger partial charge in [-0.1, -0.05) is 46.9 Å². The highest BCUT2D eigenvalue weighted by Crippen LogP contribution is 2.38. The minimum Gasteiger partial charge on any atom is -0.490 e. The van der Waals surface area contributed by atoms with Crippen molar-refractivity contribution in [3.8, 4) is 11.5 Å². The third-order valence-electron chi connectivity index (χ3n) is 5.56. The molecule has 4 rings (SSSR count). The molecule has 1 saturated heterocycles. The molecule has 3 aromatic rings. The number of imide groups is 2. The molecule has 0 aliphatic carbocycles. The van der Waals surface area contributed by atoms with E-state index in [0.29, 0.717) is 11.3 Å². The Labute approximate surface area is 244 Å². The largest absolute Gasteiger partial charge is 0.490 e. The van der Waals surface area contributed by atoms with Crippen LogP contribution >= 0.6 is 34.8 Å². The fourth-order valence-corrected chi connectivity index (χ4v) is 4.38. The molecule has 0 radical (unpaired) electrons. The van der Waals surface area contributed by atoms with Gasteiger partial charge in [0.25, 0.3) is 17.7 Å². The molecular formula is C28H22Cl3N3O6. The Morgan fingerprint density at radius 2 is 1.75 bits per heavy atom. The monoisotopic (exact) mass is 601 g/mol. The fourth-order valence-electron chi connectivity index (χ4n) is 3.81. The Balaban J connectivity index is 1.59. The Morgan fingerprint density at radius 1 is 0.975 bits per heavy atom. The lowest BCUT2D eigenvalue weighted by molar-refractivity contribution is -0.122. The first-order valence-electron chi connectivity index (χ1n) is 11.9. The zero-order valence-electron chi connectivity index (χ0n) is 21.2. The Hall–Kier alpha value is -4.05. The lowest BCUT2D eigenvalue weighted by atomic mass is 10.1. The quantitative estimate of drug-likeness (QED) is 0.240. The summed E-state index contributed by atoms with van der Waals surface area (Å²) in [6.07, 6.45) is 1.26. The number of hydrogen-bond acceptors (Lipinski definition) is 6. The number of hydrogen-bond donors (Lipinski definition) is 2. The number of anilines is 2. The molecule has 0 atom stereocenters. The van der Waals surface area contributed by atoms with E-state index >= 15 is 0 Å². The smallest absolute Gasteiger partial charge is 0.335 e. The van der Waals surface area contributed by atoms with Crippen LogP contribution in [0.5, 0.6) is 11.5 Å². The van der Waals surface area contributed by atoms with Crippen molar-refractivity contribution >= 4 is 76.0 Å². The van der Waals surface area contributed by atoms with Crippen LogP contribution in [0.4, 0.5) is 16.2 Å². The van der Waals surface area contributed by atoms with Gasteiger partial charge in [-0.25, -0.2) is 9.69 Å². The molecule has 2 N–H and O–H groups in total. The van der Waals surface area contributed by atoms with Gasteiger partial charge in [-0.15, -0.1) is 0 Å². The summed E-state index contributed by atoms with van der Waals surface area (Å²) in [5, 5.41) is 5.30. The lowest BCUT2D eigenvalue weighted by Gasteiger charge is -2.26. The number of amides is 5. The van der Waals surface area contributed by atoms with E-state index < -0.39 is 23.8 Å². The van der Waals surface area contributed by atoms with Gasteiger partial charge < -0.3 is 14.8 Å². The van der Waals surface area contributed by atoms with Gasteiger partial charge in [0.05, 0.1) is 27.4 Å². The molecule has 40 heavy (non-hydrogen) atoms. The SMILES string of the molecule is CCOc1cc(/C=C2\C(=O)NC(=O)N(c3ccc(Cl)c(Cl)c3)C2=O)cc(Cl)c1OCC(=O)Nc1cccc(C)c1. The van der Waals surface area contributed by atoms with Gasteiger partial charge in [-0.05, 0) is 73.5 Å². The maximum atomic E-state index is 13.2. The van der Waals surface area contributed by atoms with E-state index in [1.54, 1.807) is 13.0 Å². The van der Waals surface area contributed by atoms with Crippen LogP contribution in [-0.2, 0) is 14.4 Å². The van der Waals surface area contributed by atoms with Crippen molar-refractivity contribution in [3.63, 3.8) is 0 Å². The predicted octanol–water partition coefficient (Wildman–Crippen LogP) is 6.04. The van der Waals surface area contributed by atoms with Crippen molar-refractivity contribution in [2.24, 2.45) is 0 Å². The minimum absolute atomic E-state index is 0.0715. The summed E-state index contributed by atoms with van der Waals surface area (Å²) < 4.78 is 11.3. The van der Waals surface area contributed by atoms with Gasteiger partial charge in [0, 0.05) is 5.69 Å². The van der Waals surface area contributed by atoms with E-state index in [4.69, 9.17) is 44.3 Å². The number of carbonyl (C=O) groups is 4. The number of barbiturate groups is 1. The average molecular weight is 603 g/mol. The van der Waals surface area contributed by atoms with Crippen molar-refractivity contribution in [1.82, 2.24) is 5.32 Å². The molecule has 0 unspecified atom stereocenters. The van der Waals surface area contributed by atoms with Crippen molar-refractivity contribution in [2.45, 2.75) is 13.8 Å². The molecule has 12 heteroatoms. The molecular weight excluding hydrogens is 581 g/mol. The van der Waals surface area contributed by atoms with Gasteiger partial charge in [-0.2, -0.15) is 0 Å². The van der Waals surface area contributed by atoms with Crippen molar-refractivity contribution in [2.75, 3.05) is 23.4 Å². The predicted molar refractivity (Wildman–Crippen MR) is 153 cm³/mol. The summed E-state index contributed by atoms with van der Waals surface area (Å²) in [5.41, 5.74) is 1.70. The second kappa shape index (κ2) is 12.4. The highest BCUT2D eigenvalue weighted by atomic mass is 35.5. The number of rotatable bonds is 8. The van der Waals surface area contributed by atoms with Gasteiger partial charge >= 0.3 is 6.03 Å². The van der Waals surface area contributed by atoms with Crippen LogP contribution in [0.25, 0.3) is 6.08 Å². The number of halogens is 3. The molecule has 0 bridgehead atoms. The first-order chi connectivity index (χ1) is 19.1. The Morgan fingerprint density at radius 3 is 2.45 bits per heavy atom. The van der Waals surface area contributed by atoms with Gasteiger partial charge in [0.1, 0.15) is 5.57 Å². The second-order valence-electron chi connectivity index (χ2n) is 8.53. The molecule has 1 aliphatic rings. The molecule has 1 aliphatic heterocycles. The molecule has 1 heterocycles. The molecule has 206 valence electrons. The molecule has 0 aromatic heterocycles. The van der Waals surface area contributed by atoms with E-state index in [0.717, 1.165) is 10.5 Å². The highest BCUT2D eigenvalue weighted by Gasteiger charge is 2.37. The zero-order valence-corrected chi connectivity index (χ0v) is 23.5. The van der Waals surface area contributed by atoms with Crippen LogP contribution in [0.2, 0.25) is 15.1 Å². The Bertz CT molecular complexity index is 1560. The third kappa shape index (κ3) is 6.56. The van der Waals surface area contributed by atoms with Crippen molar-refractivity contribution in [3.05, 3.63) is 86.4 Å². The normalized spacial score (nSPS) is 14.3. The first kappa shape index (κ1) is 28.9. The van der Waals surface area contributed by atoms with Crippen LogP contribution in [0, 0.1) is 6.92 Å².